The molecule has 30 heavy (non-hydrogen) atoms. The Morgan fingerprint density at radius 2 is 2.07 bits per heavy atom. The molecule has 0 radical (unpaired) electrons. The predicted molar refractivity (Wildman–Crippen MR) is 109 cm³/mol. The first-order valence-corrected chi connectivity index (χ1v) is 9.68. The van der Waals surface area contributed by atoms with Gasteiger partial charge in [-0.2, -0.15) is 5.10 Å². The van der Waals surface area contributed by atoms with Crippen molar-refractivity contribution in [1.82, 2.24) is 29.8 Å². The zero-order valence-corrected chi connectivity index (χ0v) is 16.6. The molecule has 0 saturated heterocycles. The summed E-state index contributed by atoms with van der Waals surface area (Å²) in [5, 5.41) is 13.1. The van der Waals surface area contributed by atoms with Gasteiger partial charge in [-0.25, -0.2) is 14.1 Å². The third-order valence-electron chi connectivity index (χ3n) is 5.34. The number of nitrogens with two attached hydrogens (primary N) is 1. The highest BCUT2D eigenvalue weighted by Gasteiger charge is 2.22. The summed E-state index contributed by atoms with van der Waals surface area (Å²) >= 11 is 0. The third-order valence-corrected chi connectivity index (χ3v) is 5.34. The van der Waals surface area contributed by atoms with Crippen LogP contribution in [0.4, 0.5) is 10.2 Å². The van der Waals surface area contributed by atoms with E-state index in [0.29, 0.717) is 30.0 Å². The summed E-state index contributed by atoms with van der Waals surface area (Å²) in [6, 6.07) is 6.39. The fourth-order valence-corrected chi connectivity index (χ4v) is 3.81. The lowest BCUT2D eigenvalue weighted by Gasteiger charge is -2.17. The van der Waals surface area contributed by atoms with Crippen molar-refractivity contribution in [2.24, 2.45) is 0 Å². The van der Waals surface area contributed by atoms with Crippen LogP contribution in [0.15, 0.2) is 36.7 Å². The summed E-state index contributed by atoms with van der Waals surface area (Å²) in [5.74, 6) is 0.359. The summed E-state index contributed by atoms with van der Waals surface area (Å²) in [7, 11) is 0. The van der Waals surface area contributed by atoms with Crippen molar-refractivity contribution in [2.75, 3.05) is 5.73 Å². The maximum absolute atomic E-state index is 14.0. The fourth-order valence-electron chi connectivity index (χ4n) is 3.81. The molecule has 0 spiro atoms. The lowest BCUT2D eigenvalue weighted by molar-refractivity contribution is 0.305. The molecule has 0 unspecified atom stereocenters. The molecule has 0 aliphatic carbocycles. The van der Waals surface area contributed by atoms with Crippen molar-refractivity contribution in [1.29, 1.82) is 0 Å². The topological polar surface area (TPSA) is 96.7 Å². The molecule has 2 N–H and O–H groups in total. The molecule has 4 heterocycles. The molecule has 5 rings (SSSR count). The smallest absolute Gasteiger partial charge is 0.166 e. The predicted octanol–water partition coefficient (Wildman–Crippen LogP) is 3.06. The van der Waals surface area contributed by atoms with E-state index in [1.165, 1.54) is 12.1 Å². The van der Waals surface area contributed by atoms with Gasteiger partial charge in [0.15, 0.2) is 11.6 Å². The van der Waals surface area contributed by atoms with Crippen LogP contribution in [0.2, 0.25) is 0 Å². The number of fused-ring (bicyclic) bond motifs is 7. The Hall–Kier alpha value is -3.75. The summed E-state index contributed by atoms with van der Waals surface area (Å²) in [4.78, 5) is 4.32. The van der Waals surface area contributed by atoms with E-state index in [1.807, 2.05) is 30.8 Å². The number of nitrogens with zero attached hydrogens (tertiary/aromatic N) is 6. The second-order valence-electron chi connectivity index (χ2n) is 7.21. The Bertz CT molecular complexity index is 1260. The second-order valence-corrected chi connectivity index (χ2v) is 7.21. The van der Waals surface area contributed by atoms with Gasteiger partial charge >= 0.3 is 0 Å². The largest absolute Gasteiger partial charge is 0.485 e. The Labute approximate surface area is 172 Å². The van der Waals surface area contributed by atoms with Crippen LogP contribution in [-0.2, 0) is 19.6 Å². The van der Waals surface area contributed by atoms with Gasteiger partial charge in [-0.15, -0.1) is 5.10 Å². The number of pyridine rings is 1. The first kappa shape index (κ1) is 18.3. The van der Waals surface area contributed by atoms with Gasteiger partial charge < -0.3 is 10.5 Å². The molecule has 152 valence electrons. The summed E-state index contributed by atoms with van der Waals surface area (Å²) < 4.78 is 23.7. The first-order valence-electron chi connectivity index (χ1n) is 9.68. The number of hydrogen-bond acceptors (Lipinski definition) is 6. The Balaban J connectivity index is 1.79. The molecule has 0 atom stereocenters. The maximum atomic E-state index is 14.0. The average molecular weight is 405 g/mol. The normalized spacial score (nSPS) is 12.8. The van der Waals surface area contributed by atoms with Gasteiger partial charge in [0.05, 0.1) is 29.0 Å². The van der Waals surface area contributed by atoms with Crippen molar-refractivity contribution in [3.8, 4) is 22.7 Å². The van der Waals surface area contributed by atoms with Crippen LogP contribution < -0.4 is 10.5 Å². The van der Waals surface area contributed by atoms with Gasteiger partial charge in [-0.05, 0) is 38.1 Å². The zero-order valence-electron chi connectivity index (χ0n) is 16.6. The Morgan fingerprint density at radius 3 is 2.90 bits per heavy atom. The van der Waals surface area contributed by atoms with Crippen LogP contribution in [-0.4, -0.2) is 29.8 Å². The number of aryl methyl sites for hydroxylation is 2. The third kappa shape index (κ3) is 2.90. The van der Waals surface area contributed by atoms with E-state index in [-0.39, 0.29) is 18.2 Å². The minimum Gasteiger partial charge on any atom is -0.485 e. The van der Waals surface area contributed by atoms with E-state index in [4.69, 9.17) is 10.5 Å². The number of halogens is 1. The second kappa shape index (κ2) is 6.94. The molecule has 1 aliphatic heterocycles. The molecule has 4 aromatic rings. The van der Waals surface area contributed by atoms with Crippen LogP contribution in [0.25, 0.3) is 16.9 Å². The highest BCUT2D eigenvalue weighted by atomic mass is 19.1. The molecule has 9 heteroatoms. The van der Waals surface area contributed by atoms with Gasteiger partial charge in [0.2, 0.25) is 0 Å². The summed E-state index contributed by atoms with van der Waals surface area (Å²) in [5.41, 5.74) is 11.9. The van der Waals surface area contributed by atoms with E-state index in [9.17, 15) is 4.39 Å². The summed E-state index contributed by atoms with van der Waals surface area (Å²) in [6.45, 7) is 4.76. The Morgan fingerprint density at radius 1 is 1.20 bits per heavy atom. The van der Waals surface area contributed by atoms with Crippen LogP contribution in [0.3, 0.4) is 0 Å². The zero-order chi connectivity index (χ0) is 20.8. The van der Waals surface area contributed by atoms with Crippen molar-refractivity contribution in [3.63, 3.8) is 0 Å². The summed E-state index contributed by atoms with van der Waals surface area (Å²) in [6.07, 6.45) is 4.13. The molecule has 0 fully saturated rings. The highest BCUT2D eigenvalue weighted by Crippen LogP contribution is 2.33. The van der Waals surface area contributed by atoms with Gasteiger partial charge in [0, 0.05) is 35.9 Å². The number of rotatable bonds is 1. The lowest BCUT2D eigenvalue weighted by Crippen LogP contribution is -2.11. The number of hydrogen-bond donors (Lipinski definition) is 1. The van der Waals surface area contributed by atoms with Crippen LogP contribution >= 0.6 is 0 Å². The van der Waals surface area contributed by atoms with Gasteiger partial charge in [-0.1, -0.05) is 5.21 Å². The molecule has 0 amide bonds. The number of ether oxygens (including phenoxy) is 1. The van der Waals surface area contributed by atoms with Crippen LogP contribution in [0.5, 0.6) is 5.75 Å². The molecule has 3 aromatic heterocycles. The molecular weight excluding hydrogens is 385 g/mol. The SMILES string of the molecule is CCn1ncc2c1-c1cnc(N)c(c1)OCc1cc(F)ccc1-n1nnc(C)c1C2. The fraction of sp³-hybridized carbons (Fsp3) is 0.238. The van der Waals surface area contributed by atoms with E-state index >= 15 is 0 Å². The minimum atomic E-state index is -0.353. The van der Waals surface area contributed by atoms with Crippen LogP contribution in [0.1, 0.15) is 29.4 Å². The maximum Gasteiger partial charge on any atom is 0.166 e. The van der Waals surface area contributed by atoms with Crippen molar-refractivity contribution < 1.29 is 9.13 Å². The van der Waals surface area contributed by atoms with Crippen molar-refractivity contribution >= 4 is 5.82 Å². The van der Waals surface area contributed by atoms with Crippen molar-refractivity contribution in [2.45, 2.75) is 33.4 Å². The molecule has 0 saturated carbocycles. The number of anilines is 1. The van der Waals surface area contributed by atoms with E-state index in [1.54, 1.807) is 16.9 Å². The van der Waals surface area contributed by atoms with E-state index in [0.717, 1.165) is 28.2 Å². The molecule has 2 bridgehead atoms. The first-order chi connectivity index (χ1) is 14.5. The molecule has 1 aliphatic rings. The lowest BCUT2D eigenvalue weighted by atomic mass is 10.0. The van der Waals surface area contributed by atoms with E-state index in [2.05, 4.69) is 20.4 Å². The standard InChI is InChI=1S/C21H20FN7O/c1-3-28-20-13(10-25-28)7-18-12(2)26-27-29(18)17-5-4-16(22)6-15(17)11-30-19-8-14(20)9-24-21(19)23/h4-6,8-10H,3,7,11H2,1-2H3,(H2,23,24). The Kier molecular flexibility index (Phi) is 4.23. The average Bonchev–Trinajstić information content (AvgIpc) is 3.31. The van der Waals surface area contributed by atoms with Gasteiger partial charge in [0.25, 0.3) is 0 Å². The molecule has 1 aromatic carbocycles. The number of nitrogen functional groups attached to an aromatic ring is 1. The number of aromatic nitrogens is 6. The van der Waals surface area contributed by atoms with E-state index < -0.39 is 0 Å². The van der Waals surface area contributed by atoms with Gasteiger partial charge in [-0.3, -0.25) is 4.68 Å². The monoisotopic (exact) mass is 405 g/mol. The molecule has 8 nitrogen and oxygen atoms in total. The van der Waals surface area contributed by atoms with Gasteiger partial charge in [0.1, 0.15) is 12.4 Å². The minimum absolute atomic E-state index is 0.112. The molecular formula is C21H20FN7O. The quantitative estimate of drug-likeness (QED) is 0.523. The van der Waals surface area contributed by atoms with Crippen LogP contribution in [0, 0.1) is 12.7 Å². The van der Waals surface area contributed by atoms with Crippen molar-refractivity contribution in [3.05, 3.63) is 65.0 Å². The number of benzene rings is 1. The highest BCUT2D eigenvalue weighted by molar-refractivity contribution is 5.67.